The molecule has 0 unspecified atom stereocenters. The van der Waals surface area contributed by atoms with Crippen LogP contribution in [0.2, 0.25) is 0 Å². The van der Waals surface area contributed by atoms with Crippen LogP contribution in [0.4, 0.5) is 0 Å². The van der Waals surface area contributed by atoms with E-state index in [1.165, 1.54) is 99.8 Å². The predicted molar refractivity (Wildman–Crippen MR) is 450 cm³/mol. The summed E-state index contributed by atoms with van der Waals surface area (Å²) in [6.07, 6.45) is 8.68. The lowest BCUT2D eigenvalue weighted by Crippen LogP contribution is -2.47. The van der Waals surface area contributed by atoms with Crippen molar-refractivity contribution in [2.45, 2.75) is 119 Å². The first-order valence-electron chi connectivity index (χ1n) is 37.4. The van der Waals surface area contributed by atoms with Crippen molar-refractivity contribution < 1.29 is 57.3 Å². The second-order valence-corrected chi connectivity index (χ2v) is 33.5. The number of amides is 8. The van der Waals surface area contributed by atoms with Gasteiger partial charge in [-0.2, -0.15) is 0 Å². The molecular weight excluding hydrogens is 1580 g/mol. The molecule has 604 valence electrons. The van der Waals surface area contributed by atoms with Gasteiger partial charge in [-0.05, 0) is 70.7 Å². The minimum atomic E-state index is -0.671. The van der Waals surface area contributed by atoms with E-state index in [1.807, 2.05) is 37.5 Å². The first kappa shape index (κ1) is 89.1. The minimum absolute atomic E-state index is 0.0370. The Morgan fingerprint density at radius 3 is 1.17 bits per heavy atom. The van der Waals surface area contributed by atoms with Gasteiger partial charge in [0.1, 0.15) is 43.5 Å². The fourth-order valence-corrected chi connectivity index (χ4v) is 17.0. The lowest BCUT2D eigenvalue weighted by atomic mass is 10.0. The Hall–Kier alpha value is -7.49. The monoisotopic (exact) mass is 1680 g/mol. The van der Waals surface area contributed by atoms with Gasteiger partial charge in [0.2, 0.25) is 23.6 Å². The number of hydrogen-bond donors (Lipinski definition) is 4. The Labute approximate surface area is 685 Å². The molecule has 0 atom stereocenters. The van der Waals surface area contributed by atoms with Crippen LogP contribution >= 0.6 is 95.9 Å². The molecule has 3 aromatic heterocycles. The Morgan fingerprint density at radius 2 is 0.802 bits per heavy atom. The molecule has 8 rings (SSSR count). The molecule has 111 heavy (non-hydrogen) atoms. The van der Waals surface area contributed by atoms with Gasteiger partial charge < -0.3 is 58.8 Å². The topological polar surface area (TPSA) is 310 Å². The fraction of sp³-hybridized carbons (Fsp3) is 0.554. The molecule has 0 saturated carbocycles. The molecule has 0 radical (unpaired) electrons. The average Bonchev–Trinajstić information content (AvgIpc) is 1.62. The smallest absolute Gasteiger partial charge is 0.294 e. The molecule has 0 bridgehead atoms. The van der Waals surface area contributed by atoms with Crippen LogP contribution in [-0.2, 0) is 48.3 Å². The zero-order chi connectivity index (χ0) is 80.4. The highest BCUT2D eigenvalue weighted by Crippen LogP contribution is 2.34. The molecule has 3 aromatic rings. The van der Waals surface area contributed by atoms with Crippen molar-refractivity contribution in [1.29, 1.82) is 0 Å². The summed E-state index contributed by atoms with van der Waals surface area (Å²) in [4.78, 5) is 166. The van der Waals surface area contributed by atoms with Gasteiger partial charge in [0, 0.05) is 138 Å². The molecule has 29 nitrogen and oxygen atoms in total. The van der Waals surface area contributed by atoms with Gasteiger partial charge in [-0.15, -0.1) is 0 Å². The first-order chi connectivity index (χ1) is 53.3. The Morgan fingerprint density at radius 1 is 0.459 bits per heavy atom. The van der Waals surface area contributed by atoms with Crippen molar-refractivity contribution in [2.75, 3.05) is 148 Å². The number of thioether (sulfide) groups is 4. The van der Waals surface area contributed by atoms with Crippen molar-refractivity contribution in [3.8, 4) is 17.2 Å². The molecule has 4 N–H and O–H groups in total. The number of aromatic nitrogens is 3. The summed E-state index contributed by atoms with van der Waals surface area (Å²) in [5.74, 6) is -1.47. The highest BCUT2D eigenvalue weighted by atomic mass is 32.2. The highest BCUT2D eigenvalue weighted by molar-refractivity contribution is 8.24. The van der Waals surface area contributed by atoms with Gasteiger partial charge >= 0.3 is 0 Å². The van der Waals surface area contributed by atoms with Crippen molar-refractivity contribution in [3.05, 3.63) is 119 Å². The molecule has 5 aliphatic rings. The lowest BCUT2D eigenvalue weighted by molar-refractivity contribution is -0.123. The molecule has 8 heterocycles. The zero-order valence-corrected chi connectivity index (χ0v) is 70.5. The summed E-state index contributed by atoms with van der Waals surface area (Å²) < 4.78 is 29.5. The van der Waals surface area contributed by atoms with Crippen molar-refractivity contribution in [3.63, 3.8) is 0 Å². The second kappa shape index (κ2) is 44.2. The van der Waals surface area contributed by atoms with E-state index in [2.05, 4.69) is 27.8 Å². The molecule has 0 aliphatic carbocycles. The number of nitrogens with one attached hydrogen (secondary N) is 4. The van der Waals surface area contributed by atoms with Crippen LogP contribution < -0.4 is 52.2 Å². The zero-order valence-electron chi connectivity index (χ0n) is 64.0. The highest BCUT2D eigenvalue weighted by Gasteiger charge is 2.36. The van der Waals surface area contributed by atoms with Crippen LogP contribution in [0.3, 0.4) is 0 Å². The molecule has 5 aliphatic heterocycles. The third kappa shape index (κ3) is 24.3. The van der Waals surface area contributed by atoms with E-state index in [9.17, 15) is 52.7 Å². The number of rotatable bonds is 43. The maximum absolute atomic E-state index is 14.3. The first-order valence-corrected chi connectivity index (χ1v) is 43.0. The van der Waals surface area contributed by atoms with Crippen molar-refractivity contribution in [2.24, 2.45) is 0 Å². The summed E-state index contributed by atoms with van der Waals surface area (Å²) in [6.45, 7) is 19.7. The van der Waals surface area contributed by atoms with Gasteiger partial charge in [0.05, 0.1) is 54.4 Å². The molecule has 4 fully saturated rings. The largest absolute Gasteiger partial charge is 0.491 e. The molecule has 37 heteroatoms. The number of pyridine rings is 3. The fourth-order valence-electron chi connectivity index (χ4n) is 12.2. The number of allylic oxidation sites excluding steroid dienone is 1. The summed E-state index contributed by atoms with van der Waals surface area (Å²) in [7, 11) is 0. The van der Waals surface area contributed by atoms with Gasteiger partial charge in [0.25, 0.3) is 40.3 Å². The third-order valence-electron chi connectivity index (χ3n) is 18.5. The number of nitrogens with zero attached hydrogens (tertiary/aromatic N) is 10. The third-order valence-corrected chi connectivity index (χ3v) is 24.2. The van der Waals surface area contributed by atoms with Crippen LogP contribution in [0, 0.1) is 13.8 Å². The van der Waals surface area contributed by atoms with Crippen molar-refractivity contribution >= 4 is 160 Å². The standard InChI is InChI=1S/C74H100N14O15S8/c1-9-13-33-100-60-51(8)86(48(5)41-53(60)65(94)83-30-38-109-72(83)105)45-57(90)76-19-24-79(23-18-75-56(89)44-81-22-17-52(61(68(81)97)101-34-14-10-2)64(93)82-29-37-108-71(82)104)27-28-80(25-20-77-58(91)46-87-49(6)42-54(62(69(87)98)102-35-15-11-3)66(95)84-31-39-110-73(84)106)26-21-78-59(92)47-88-50(7)43-55(63(70(88)99)103-36-16-12-4)67(96)85-32-40-111-74(85)107/h17,22,41-43H,8-16,18-21,23-40,44-47H2,1-7H3,(H,75,89)(H,76,90)(H,77,91)(H,78,92). The van der Waals surface area contributed by atoms with E-state index in [0.717, 1.165) is 25.7 Å². The molecule has 0 spiro atoms. The maximum atomic E-state index is 14.3. The van der Waals surface area contributed by atoms with E-state index in [4.69, 9.17) is 67.8 Å². The summed E-state index contributed by atoms with van der Waals surface area (Å²) in [6, 6.07) is 4.52. The molecule has 0 aromatic carbocycles. The average molecular weight is 1680 g/mol. The summed E-state index contributed by atoms with van der Waals surface area (Å²) >= 11 is 27.4. The quantitative estimate of drug-likeness (QED) is 0.0380. The van der Waals surface area contributed by atoms with Crippen molar-refractivity contribution in [1.82, 2.24) is 69.3 Å². The van der Waals surface area contributed by atoms with Crippen LogP contribution in [0.5, 0.6) is 17.2 Å². The number of unbranched alkanes of at least 4 members (excludes halogenated alkanes) is 4. The van der Waals surface area contributed by atoms with E-state index < -0.39 is 71.8 Å². The van der Waals surface area contributed by atoms with Crippen LogP contribution in [0.25, 0.3) is 0 Å². The SMILES string of the molecule is C=C1C(OCCCC)=C(C(=O)N2CCSC2=S)C=C(C)N1CC(=O)NCCN(CCNC(=O)Cn1ccc(C(=O)N2CCSC2=S)c(OCCCC)c1=O)CCN(CCNC(=O)Cn1c(C)cc(C(=O)N2CCSC2=S)c(OCCCC)c1=O)CCNC(=O)Cn1c(C)cc(C(=O)N2CCSC2=S)c(OCCCC)c1=O. The second-order valence-electron chi connectivity index (χ2n) is 26.6. The molecule has 4 saturated heterocycles. The van der Waals surface area contributed by atoms with E-state index in [1.54, 1.807) is 36.6 Å². The Kier molecular flexibility index (Phi) is 35.5. The van der Waals surface area contributed by atoms with Gasteiger partial charge in [-0.3, -0.25) is 82.1 Å². The molecular formula is C74H100N14O15S8. The van der Waals surface area contributed by atoms with Gasteiger partial charge in [-0.1, -0.05) is 156 Å². The number of ether oxygens (including phenoxy) is 4. The van der Waals surface area contributed by atoms with Crippen LogP contribution in [0.15, 0.2) is 74.2 Å². The predicted octanol–water partition coefficient (Wildman–Crippen LogP) is 5.88. The summed E-state index contributed by atoms with van der Waals surface area (Å²) in [5, 5.41) is 11.8. The number of hydrogen-bond acceptors (Lipinski definition) is 26. The molecule has 8 amide bonds. The Bertz CT molecular complexity index is 4140. The number of thiocarbonyl (C=S) groups is 4. The van der Waals surface area contributed by atoms with Gasteiger partial charge in [-0.25, -0.2) is 0 Å². The number of carbonyl (C=O) groups is 8. The van der Waals surface area contributed by atoms with E-state index in [-0.39, 0.29) is 143 Å². The number of carbonyl (C=O) groups excluding carboxylic acids is 8. The normalized spacial score (nSPS) is 15.2. The minimum Gasteiger partial charge on any atom is -0.491 e. The summed E-state index contributed by atoms with van der Waals surface area (Å²) in [5.41, 5.74) is 0.0201. The van der Waals surface area contributed by atoms with E-state index >= 15 is 0 Å². The lowest BCUT2D eigenvalue weighted by Gasteiger charge is -2.33. The maximum Gasteiger partial charge on any atom is 0.294 e. The van der Waals surface area contributed by atoms with Gasteiger partial charge in [0.15, 0.2) is 23.0 Å². The number of aryl methyl sites for hydroxylation is 2. The van der Waals surface area contributed by atoms with E-state index in [0.29, 0.717) is 127 Å². The van der Waals surface area contributed by atoms with Crippen LogP contribution in [-0.4, -0.2) is 260 Å². The van der Waals surface area contributed by atoms with Crippen LogP contribution in [0.1, 0.15) is 128 Å². The Balaban J connectivity index is 1.02.